The first-order valence-electron chi connectivity index (χ1n) is 14.5. The Hall–Kier alpha value is -4.11. The van der Waals surface area contributed by atoms with Crippen molar-refractivity contribution in [2.24, 2.45) is 0 Å². The molecule has 5 rings (SSSR count). The van der Waals surface area contributed by atoms with Gasteiger partial charge in [-0.1, -0.05) is 78.9 Å². The third-order valence-corrected chi connectivity index (χ3v) is 7.93. The van der Waals surface area contributed by atoms with Crippen molar-refractivity contribution >= 4 is 16.9 Å². The molecule has 0 bridgehead atoms. The maximum absolute atomic E-state index is 11.7. The second-order valence-corrected chi connectivity index (χ2v) is 10.7. The van der Waals surface area contributed by atoms with E-state index in [1.165, 1.54) is 4.90 Å². The number of hydrogen-bond acceptors (Lipinski definition) is 7. The number of likely N-dealkylation sites (tertiary alicyclic amines) is 1. The number of amides is 1. The van der Waals surface area contributed by atoms with Crippen molar-refractivity contribution in [3.8, 4) is 11.5 Å². The Labute approximate surface area is 252 Å². The van der Waals surface area contributed by atoms with Crippen LogP contribution in [-0.4, -0.2) is 63.7 Å². The summed E-state index contributed by atoms with van der Waals surface area (Å²) >= 11 is 0. The number of fused-ring (bicyclic) bond motifs is 1. The number of rotatable bonds is 13. The minimum atomic E-state index is -1.18. The predicted octanol–water partition coefficient (Wildman–Crippen LogP) is 5.18. The summed E-state index contributed by atoms with van der Waals surface area (Å²) in [6.45, 7) is 2.21. The summed E-state index contributed by atoms with van der Waals surface area (Å²) in [6, 6.07) is 30.0. The number of carbonyl (C=O) groups excluding carboxylic acids is 1. The number of benzene rings is 4. The minimum absolute atomic E-state index is 0.00853. The highest BCUT2D eigenvalue weighted by molar-refractivity contribution is 5.89. The van der Waals surface area contributed by atoms with E-state index >= 15 is 0 Å². The van der Waals surface area contributed by atoms with Crippen LogP contribution in [-0.2, 0) is 27.4 Å². The molecule has 0 aliphatic carbocycles. The third kappa shape index (κ3) is 7.84. The summed E-state index contributed by atoms with van der Waals surface area (Å²) < 4.78 is 29.5. The van der Waals surface area contributed by atoms with Gasteiger partial charge < -0.3 is 38.5 Å². The predicted molar refractivity (Wildman–Crippen MR) is 162 cm³/mol. The fourth-order valence-electron chi connectivity index (χ4n) is 5.54. The van der Waals surface area contributed by atoms with E-state index < -0.39 is 6.09 Å². The molecule has 1 saturated heterocycles. The average molecular weight is 585 g/mol. The molecule has 226 valence electrons. The highest BCUT2D eigenvalue weighted by atomic mass is 16.6. The summed E-state index contributed by atoms with van der Waals surface area (Å²) in [5, 5.41) is 13.8. The summed E-state index contributed by atoms with van der Waals surface area (Å²) in [4.78, 5) is 13.0. The van der Waals surface area contributed by atoms with Gasteiger partial charge in [-0.3, -0.25) is 0 Å². The van der Waals surface area contributed by atoms with Crippen LogP contribution in [0.2, 0.25) is 0 Å². The number of ether oxygens (including phenoxy) is 5. The zero-order chi connectivity index (χ0) is 30.0. The summed E-state index contributed by atoms with van der Waals surface area (Å²) in [5.74, 6) is 1.50. The van der Waals surface area contributed by atoms with E-state index in [-0.39, 0.29) is 24.7 Å². The molecule has 1 heterocycles. The zero-order valence-corrected chi connectivity index (χ0v) is 24.6. The van der Waals surface area contributed by atoms with Gasteiger partial charge in [-0.05, 0) is 35.1 Å². The number of nitrogens with zero attached hydrogens (tertiary/aromatic N) is 1. The number of carbonyl (C=O) groups is 1. The molecule has 0 spiro atoms. The molecule has 1 aliphatic heterocycles. The Morgan fingerprint density at radius 3 is 2.42 bits per heavy atom. The maximum Gasteiger partial charge on any atom is 0.137 e. The van der Waals surface area contributed by atoms with Crippen LogP contribution in [0, 0.1) is 0 Å². The molecule has 3 atom stereocenters. The second-order valence-electron chi connectivity index (χ2n) is 10.7. The van der Waals surface area contributed by atoms with Gasteiger partial charge in [0.2, 0.25) is 0 Å². The quantitative estimate of drug-likeness (QED) is 0.214. The van der Waals surface area contributed by atoms with E-state index in [0.717, 1.165) is 39.0 Å². The van der Waals surface area contributed by atoms with Crippen LogP contribution in [0.4, 0.5) is 4.79 Å². The second kappa shape index (κ2) is 14.9. The largest absolute Gasteiger partial charge is 0.530 e. The Kier molecular flexibility index (Phi) is 10.5. The molecule has 8 nitrogen and oxygen atoms in total. The van der Waals surface area contributed by atoms with Crippen LogP contribution in [0.25, 0.3) is 10.8 Å². The average Bonchev–Trinajstić information content (AvgIpc) is 3.05. The Balaban J connectivity index is 1.21. The molecule has 43 heavy (non-hydrogen) atoms. The van der Waals surface area contributed by atoms with Crippen molar-refractivity contribution in [3.05, 3.63) is 108 Å². The van der Waals surface area contributed by atoms with Gasteiger partial charge in [0.05, 0.1) is 33.0 Å². The fourth-order valence-corrected chi connectivity index (χ4v) is 5.54. The van der Waals surface area contributed by atoms with Crippen LogP contribution in [0.3, 0.4) is 0 Å². The Bertz CT molecular complexity index is 1460. The number of carboxylic acid groups (broad SMARTS) is 1. The van der Waals surface area contributed by atoms with Crippen LogP contribution in [0.1, 0.15) is 29.0 Å². The minimum Gasteiger partial charge on any atom is -0.530 e. The molecule has 8 heteroatoms. The first-order chi connectivity index (χ1) is 21.1. The van der Waals surface area contributed by atoms with Crippen LogP contribution in [0.15, 0.2) is 91.0 Å². The van der Waals surface area contributed by atoms with Crippen LogP contribution >= 0.6 is 0 Å². The normalized spacial score (nSPS) is 17.5. The Morgan fingerprint density at radius 2 is 1.67 bits per heavy atom. The molecule has 0 radical (unpaired) electrons. The maximum atomic E-state index is 11.7. The lowest BCUT2D eigenvalue weighted by Crippen LogP contribution is -2.51. The van der Waals surface area contributed by atoms with Crippen molar-refractivity contribution in [1.82, 2.24) is 4.90 Å². The van der Waals surface area contributed by atoms with Gasteiger partial charge in [-0.25, -0.2) is 0 Å². The van der Waals surface area contributed by atoms with Crippen molar-refractivity contribution < 1.29 is 33.6 Å². The van der Waals surface area contributed by atoms with Gasteiger partial charge in [0, 0.05) is 37.1 Å². The molecule has 1 fully saturated rings. The summed E-state index contributed by atoms with van der Waals surface area (Å²) in [5.41, 5.74) is 3.09. The van der Waals surface area contributed by atoms with Gasteiger partial charge >= 0.3 is 0 Å². The first-order valence-corrected chi connectivity index (χ1v) is 14.5. The summed E-state index contributed by atoms with van der Waals surface area (Å²) in [6.07, 6.45) is -1.12. The highest BCUT2D eigenvalue weighted by Gasteiger charge is 2.31. The van der Waals surface area contributed by atoms with Gasteiger partial charge in [0.25, 0.3) is 0 Å². The third-order valence-electron chi connectivity index (χ3n) is 7.93. The molecule has 4 aromatic rings. The number of piperidine rings is 1. The molecule has 0 N–H and O–H groups in total. The van der Waals surface area contributed by atoms with Crippen molar-refractivity contribution in [2.45, 2.75) is 37.8 Å². The summed E-state index contributed by atoms with van der Waals surface area (Å²) in [7, 11) is 3.30. The molecule has 1 aliphatic rings. The lowest BCUT2D eigenvalue weighted by Gasteiger charge is -2.40. The molecule has 3 unspecified atom stereocenters. The smallest absolute Gasteiger partial charge is 0.137 e. The molecule has 1 amide bonds. The SMILES string of the molecule is COc1c(COC2CN(C(=O)[O-])CCC2c2ccc(OCC(COCc3ccccc3)OC)cc2)ccc2ccccc12. The molecule has 4 aromatic carbocycles. The molecular formula is C35H38NO7-. The molecule has 0 aromatic heterocycles. The number of methoxy groups -OCH3 is 2. The topological polar surface area (TPSA) is 89.5 Å². The van der Waals surface area contributed by atoms with E-state index in [2.05, 4.69) is 0 Å². The number of hydrogen-bond donors (Lipinski definition) is 0. The van der Waals surface area contributed by atoms with Gasteiger partial charge in [-0.2, -0.15) is 0 Å². The van der Waals surface area contributed by atoms with E-state index in [1.807, 2.05) is 91.0 Å². The van der Waals surface area contributed by atoms with Gasteiger partial charge in [0.15, 0.2) is 0 Å². The van der Waals surface area contributed by atoms with E-state index in [9.17, 15) is 9.90 Å². The lowest BCUT2D eigenvalue weighted by atomic mass is 9.87. The Morgan fingerprint density at radius 1 is 0.907 bits per heavy atom. The first kappa shape index (κ1) is 30.4. The van der Waals surface area contributed by atoms with Gasteiger partial charge in [-0.15, -0.1) is 0 Å². The van der Waals surface area contributed by atoms with Crippen LogP contribution in [0.5, 0.6) is 11.5 Å². The highest BCUT2D eigenvalue weighted by Crippen LogP contribution is 2.34. The van der Waals surface area contributed by atoms with E-state index in [4.69, 9.17) is 23.7 Å². The van der Waals surface area contributed by atoms with Crippen molar-refractivity contribution in [3.63, 3.8) is 0 Å². The standard InChI is InChI=1S/C35H39NO7/c1-39-30(23-41-21-25-8-4-3-5-9-25)24-42-29-16-14-27(15-17-29)31-18-19-36(35(37)38)20-33(31)43-22-28-13-12-26-10-6-7-11-32(26)34(28)40-2/h3-17,30-31,33H,18-24H2,1-2H3,(H,37,38)/p-1. The lowest BCUT2D eigenvalue weighted by molar-refractivity contribution is -0.268. The van der Waals surface area contributed by atoms with Crippen molar-refractivity contribution in [1.29, 1.82) is 0 Å². The monoisotopic (exact) mass is 584 g/mol. The zero-order valence-electron chi connectivity index (χ0n) is 24.6. The fraction of sp³-hybridized carbons (Fsp3) is 0.343. The van der Waals surface area contributed by atoms with Crippen molar-refractivity contribution in [2.75, 3.05) is 40.5 Å². The van der Waals surface area contributed by atoms with E-state index in [1.54, 1.807) is 14.2 Å². The van der Waals surface area contributed by atoms with Crippen LogP contribution < -0.4 is 14.6 Å². The molecule has 0 saturated carbocycles. The van der Waals surface area contributed by atoms with E-state index in [0.29, 0.717) is 39.4 Å². The molecular weight excluding hydrogens is 546 g/mol. The van der Waals surface area contributed by atoms with Gasteiger partial charge in [0.1, 0.15) is 30.3 Å².